The van der Waals surface area contributed by atoms with Crippen LogP contribution in [0.1, 0.15) is 0 Å². The first kappa shape index (κ1) is 12.5. The third kappa shape index (κ3) is 1.62. The summed E-state index contributed by atoms with van der Waals surface area (Å²) in [5.41, 5.74) is 2.17. The zero-order valence-corrected chi connectivity index (χ0v) is 12.7. The molecule has 0 radical (unpaired) electrons. The van der Waals surface area contributed by atoms with Gasteiger partial charge in [0.05, 0.1) is 17.3 Å². The van der Waals surface area contributed by atoms with Crippen LogP contribution in [0.4, 0.5) is 0 Å². The minimum Gasteiger partial charge on any atom is -0.461 e. The number of nitrogens with zero attached hydrogens (tertiary/aromatic N) is 2. The van der Waals surface area contributed by atoms with E-state index in [1.54, 1.807) is 6.26 Å². The Morgan fingerprint density at radius 1 is 0.783 bits per heavy atom. The van der Waals surface area contributed by atoms with Crippen LogP contribution >= 0.6 is 0 Å². The van der Waals surface area contributed by atoms with Gasteiger partial charge in [0.1, 0.15) is 0 Å². The zero-order valence-electron chi connectivity index (χ0n) is 12.7. The normalized spacial score (nSPS) is 11.7. The van der Waals surface area contributed by atoms with Crippen LogP contribution in [-0.2, 0) is 7.05 Å². The monoisotopic (exact) mass is 298 g/mol. The highest BCUT2D eigenvalue weighted by molar-refractivity contribution is 6.23. The standard InChI is InChI=1S/C20H14N2O/c1-22-19-16-10-5-3-8-14(16)13-7-2-4-9-15(13)18(19)21-20(22)17-11-6-12-23-17/h2-12H,1H3. The Kier molecular flexibility index (Phi) is 2.42. The zero-order chi connectivity index (χ0) is 15.4. The summed E-state index contributed by atoms with van der Waals surface area (Å²) in [4.78, 5) is 4.90. The SMILES string of the molecule is Cn1c(-c2ccco2)nc2c3ccccc3c3ccccc3c21. The summed E-state index contributed by atoms with van der Waals surface area (Å²) >= 11 is 0. The lowest BCUT2D eigenvalue weighted by atomic mass is 10.00. The van der Waals surface area contributed by atoms with Crippen molar-refractivity contribution in [2.75, 3.05) is 0 Å². The fourth-order valence-corrected chi connectivity index (χ4v) is 3.47. The number of furan rings is 1. The first-order valence-corrected chi connectivity index (χ1v) is 7.64. The lowest BCUT2D eigenvalue weighted by molar-refractivity contribution is 0.574. The molecule has 0 bridgehead atoms. The average Bonchev–Trinajstić information content (AvgIpc) is 3.23. The van der Waals surface area contributed by atoms with Crippen molar-refractivity contribution in [1.29, 1.82) is 0 Å². The Labute approximate surface area is 132 Å². The molecular weight excluding hydrogens is 284 g/mol. The lowest BCUT2D eigenvalue weighted by Crippen LogP contribution is -1.92. The molecule has 5 aromatic rings. The smallest absolute Gasteiger partial charge is 0.177 e. The highest BCUT2D eigenvalue weighted by Crippen LogP contribution is 2.36. The molecule has 110 valence electrons. The first-order valence-electron chi connectivity index (χ1n) is 7.64. The molecule has 0 fully saturated rings. The van der Waals surface area contributed by atoms with Crippen LogP contribution in [0.3, 0.4) is 0 Å². The molecular formula is C20H14N2O. The molecule has 2 heterocycles. The molecule has 0 saturated heterocycles. The van der Waals surface area contributed by atoms with Gasteiger partial charge in [0.15, 0.2) is 11.6 Å². The van der Waals surface area contributed by atoms with Crippen molar-refractivity contribution in [3.05, 3.63) is 66.9 Å². The summed E-state index contributed by atoms with van der Waals surface area (Å²) in [6.45, 7) is 0. The van der Waals surface area contributed by atoms with Crippen molar-refractivity contribution in [2.45, 2.75) is 0 Å². The summed E-state index contributed by atoms with van der Waals surface area (Å²) in [6, 6.07) is 20.8. The van der Waals surface area contributed by atoms with Gasteiger partial charge in [-0.1, -0.05) is 48.5 Å². The number of imidazole rings is 1. The maximum Gasteiger partial charge on any atom is 0.177 e. The first-order chi connectivity index (χ1) is 11.3. The molecule has 0 amide bonds. The maximum absolute atomic E-state index is 5.57. The van der Waals surface area contributed by atoms with Crippen molar-refractivity contribution in [1.82, 2.24) is 9.55 Å². The number of aryl methyl sites for hydroxylation is 1. The molecule has 2 aromatic heterocycles. The molecule has 23 heavy (non-hydrogen) atoms. The second-order valence-corrected chi connectivity index (χ2v) is 5.76. The van der Waals surface area contributed by atoms with Crippen LogP contribution in [0.25, 0.3) is 44.2 Å². The van der Waals surface area contributed by atoms with E-state index < -0.39 is 0 Å². The van der Waals surface area contributed by atoms with Gasteiger partial charge >= 0.3 is 0 Å². The van der Waals surface area contributed by atoms with Crippen molar-refractivity contribution >= 4 is 32.6 Å². The molecule has 3 heteroatoms. The van der Waals surface area contributed by atoms with Gasteiger partial charge in [-0.15, -0.1) is 0 Å². The minimum absolute atomic E-state index is 0.789. The van der Waals surface area contributed by atoms with E-state index in [4.69, 9.17) is 9.40 Å². The van der Waals surface area contributed by atoms with Crippen LogP contribution in [-0.4, -0.2) is 9.55 Å². The third-order valence-electron chi connectivity index (χ3n) is 4.49. The van der Waals surface area contributed by atoms with Crippen molar-refractivity contribution in [3.8, 4) is 11.6 Å². The summed E-state index contributed by atoms with van der Waals surface area (Å²) in [5, 5.41) is 4.88. The van der Waals surface area contributed by atoms with Gasteiger partial charge in [0.25, 0.3) is 0 Å². The van der Waals surface area contributed by atoms with Crippen LogP contribution in [0, 0.1) is 0 Å². The fourth-order valence-electron chi connectivity index (χ4n) is 3.47. The molecule has 0 atom stereocenters. The number of hydrogen-bond acceptors (Lipinski definition) is 2. The number of rotatable bonds is 1. The fraction of sp³-hybridized carbons (Fsp3) is 0.0500. The molecule has 3 aromatic carbocycles. The van der Waals surface area contributed by atoms with Crippen molar-refractivity contribution < 1.29 is 4.42 Å². The number of aromatic nitrogens is 2. The second-order valence-electron chi connectivity index (χ2n) is 5.76. The molecule has 0 aliphatic heterocycles. The summed E-state index contributed by atoms with van der Waals surface area (Å²) in [7, 11) is 2.05. The summed E-state index contributed by atoms with van der Waals surface area (Å²) in [6.07, 6.45) is 1.69. The Morgan fingerprint density at radius 2 is 1.43 bits per heavy atom. The molecule has 3 nitrogen and oxygen atoms in total. The molecule has 5 rings (SSSR count). The van der Waals surface area contributed by atoms with E-state index in [2.05, 4.69) is 60.1 Å². The van der Waals surface area contributed by atoms with Crippen molar-refractivity contribution in [3.63, 3.8) is 0 Å². The van der Waals surface area contributed by atoms with Gasteiger partial charge in [-0.3, -0.25) is 0 Å². The summed E-state index contributed by atoms with van der Waals surface area (Å²) < 4.78 is 7.70. The topological polar surface area (TPSA) is 31.0 Å². The molecule has 0 unspecified atom stereocenters. The Bertz CT molecular complexity index is 1170. The van der Waals surface area contributed by atoms with Gasteiger partial charge < -0.3 is 8.98 Å². The van der Waals surface area contributed by atoms with E-state index >= 15 is 0 Å². The van der Waals surface area contributed by atoms with Gasteiger partial charge in [0, 0.05) is 17.8 Å². The maximum atomic E-state index is 5.57. The Balaban J connectivity index is 2.08. The summed E-state index contributed by atoms with van der Waals surface area (Å²) in [5.74, 6) is 1.64. The molecule has 0 N–H and O–H groups in total. The van der Waals surface area contributed by atoms with E-state index in [-0.39, 0.29) is 0 Å². The van der Waals surface area contributed by atoms with Gasteiger partial charge in [-0.05, 0) is 22.9 Å². The van der Waals surface area contributed by atoms with E-state index in [0.29, 0.717) is 0 Å². The lowest BCUT2D eigenvalue weighted by Gasteiger charge is -2.07. The van der Waals surface area contributed by atoms with E-state index in [0.717, 1.165) is 22.6 Å². The molecule has 0 saturated carbocycles. The Hall–Kier alpha value is -3.07. The van der Waals surface area contributed by atoms with E-state index in [1.807, 2.05) is 12.1 Å². The number of benzene rings is 3. The minimum atomic E-state index is 0.789. The Morgan fingerprint density at radius 3 is 2.13 bits per heavy atom. The number of fused-ring (bicyclic) bond motifs is 6. The third-order valence-corrected chi connectivity index (χ3v) is 4.49. The predicted octanol–water partition coefficient (Wildman–Crippen LogP) is 5.14. The van der Waals surface area contributed by atoms with Crippen LogP contribution in [0.5, 0.6) is 0 Å². The van der Waals surface area contributed by atoms with Crippen LogP contribution in [0.2, 0.25) is 0 Å². The van der Waals surface area contributed by atoms with E-state index in [1.165, 1.54) is 21.5 Å². The molecule has 0 aliphatic carbocycles. The average molecular weight is 298 g/mol. The predicted molar refractivity (Wildman–Crippen MR) is 93.4 cm³/mol. The van der Waals surface area contributed by atoms with Crippen LogP contribution < -0.4 is 0 Å². The quantitative estimate of drug-likeness (QED) is 0.401. The highest BCUT2D eigenvalue weighted by atomic mass is 16.3. The van der Waals surface area contributed by atoms with Gasteiger partial charge in [-0.25, -0.2) is 4.98 Å². The largest absolute Gasteiger partial charge is 0.461 e. The number of hydrogen-bond donors (Lipinski definition) is 0. The van der Waals surface area contributed by atoms with E-state index in [9.17, 15) is 0 Å². The van der Waals surface area contributed by atoms with Crippen molar-refractivity contribution in [2.24, 2.45) is 7.05 Å². The molecule has 0 aliphatic rings. The molecule has 0 spiro atoms. The van der Waals surface area contributed by atoms with Crippen LogP contribution in [0.15, 0.2) is 71.3 Å². The second kappa shape index (κ2) is 4.46. The highest BCUT2D eigenvalue weighted by Gasteiger charge is 2.17. The van der Waals surface area contributed by atoms with Gasteiger partial charge in [-0.2, -0.15) is 0 Å². The van der Waals surface area contributed by atoms with Gasteiger partial charge in [0.2, 0.25) is 0 Å².